The summed E-state index contributed by atoms with van der Waals surface area (Å²) in [6, 6.07) is 15.6. The maximum atomic E-state index is 12.7. The molecule has 1 aliphatic heterocycles. The number of aliphatic hydroxyl groups is 1. The normalized spacial score (nSPS) is 24.9. The molecule has 3 aromatic rings. The summed E-state index contributed by atoms with van der Waals surface area (Å²) in [5, 5.41) is 17.6. The molecule has 2 amide bonds. The van der Waals surface area contributed by atoms with Gasteiger partial charge in [0.25, 0.3) is 5.91 Å². The Kier molecular flexibility index (Phi) is 7.52. The van der Waals surface area contributed by atoms with Gasteiger partial charge >= 0.3 is 0 Å². The molecule has 0 unspecified atom stereocenters. The Bertz CT molecular complexity index is 1310. The number of thiazole rings is 1. The standard InChI is InChI=1S/C29H34N4O4S/c1-18-15-33(16-19(2)37-18)23-9-5-6-20(11-23)25-17-38-28(31-25)32-26(35)14-30-27(36)21-7-4-8-22(10-21)29(3)12-24(34)13-29/h4-11,17-19,24,34H,12-16H2,1-3H3,(H,30,36)(H,31,32,35)/t18-,19+,24-,29-. The van der Waals surface area contributed by atoms with E-state index in [4.69, 9.17) is 4.74 Å². The topological polar surface area (TPSA) is 104 Å². The zero-order valence-electron chi connectivity index (χ0n) is 21.9. The molecule has 1 saturated heterocycles. The number of nitrogens with zero attached hydrogens (tertiary/aromatic N) is 2. The first-order valence-electron chi connectivity index (χ1n) is 13.0. The largest absolute Gasteiger partial charge is 0.393 e. The fourth-order valence-corrected chi connectivity index (χ4v) is 6.13. The fraction of sp³-hybridized carbons (Fsp3) is 0.414. The van der Waals surface area contributed by atoms with Gasteiger partial charge in [0.05, 0.1) is 30.6 Å². The van der Waals surface area contributed by atoms with Crippen molar-refractivity contribution >= 4 is 34.0 Å². The molecular formula is C29H34N4O4S. The average Bonchev–Trinajstić information content (AvgIpc) is 3.34. The Morgan fingerprint density at radius 1 is 1.13 bits per heavy atom. The Labute approximate surface area is 227 Å². The van der Waals surface area contributed by atoms with Crippen molar-refractivity contribution in [1.82, 2.24) is 10.3 Å². The highest BCUT2D eigenvalue weighted by atomic mass is 32.1. The molecule has 0 spiro atoms. The van der Waals surface area contributed by atoms with E-state index in [0.717, 1.165) is 35.6 Å². The third-order valence-corrected chi connectivity index (χ3v) is 8.04. The summed E-state index contributed by atoms with van der Waals surface area (Å²) in [6.07, 6.45) is 1.44. The molecule has 9 heteroatoms. The van der Waals surface area contributed by atoms with Gasteiger partial charge in [0.15, 0.2) is 5.13 Å². The summed E-state index contributed by atoms with van der Waals surface area (Å²) >= 11 is 1.35. The molecule has 1 aliphatic carbocycles. The lowest BCUT2D eigenvalue weighted by molar-refractivity contribution is -0.115. The van der Waals surface area contributed by atoms with Crippen molar-refractivity contribution in [3.63, 3.8) is 0 Å². The van der Waals surface area contributed by atoms with Crippen LogP contribution in [0, 0.1) is 0 Å². The van der Waals surface area contributed by atoms with E-state index in [2.05, 4.69) is 53.4 Å². The number of amides is 2. The number of hydrogen-bond acceptors (Lipinski definition) is 7. The number of benzene rings is 2. The summed E-state index contributed by atoms with van der Waals surface area (Å²) in [5.41, 5.74) is 4.30. The lowest BCUT2D eigenvalue weighted by Crippen LogP contribution is -2.45. The SMILES string of the molecule is C[C@@H]1CN(c2cccc(-c3csc(NC(=O)CNC(=O)c4cccc([C@]5(C)C[C@@H](O)C5)c4)n3)c2)C[C@H](C)O1. The third kappa shape index (κ3) is 5.90. The molecule has 38 heavy (non-hydrogen) atoms. The van der Waals surface area contributed by atoms with Gasteiger partial charge in [-0.2, -0.15) is 0 Å². The number of hydrogen-bond donors (Lipinski definition) is 3. The van der Waals surface area contributed by atoms with Crippen LogP contribution in [-0.2, 0) is 14.9 Å². The third-order valence-electron chi connectivity index (χ3n) is 7.28. The molecule has 200 valence electrons. The second-order valence-corrected chi connectivity index (χ2v) is 11.5. The van der Waals surface area contributed by atoms with Crippen LogP contribution >= 0.6 is 11.3 Å². The first-order valence-corrected chi connectivity index (χ1v) is 13.9. The molecule has 2 atom stereocenters. The molecule has 0 bridgehead atoms. The number of nitrogens with one attached hydrogen (secondary N) is 2. The number of morpholine rings is 1. The van der Waals surface area contributed by atoms with Crippen molar-refractivity contribution in [3.8, 4) is 11.3 Å². The minimum atomic E-state index is -0.338. The van der Waals surface area contributed by atoms with Crippen molar-refractivity contribution < 1.29 is 19.4 Å². The molecule has 1 aromatic heterocycles. The Morgan fingerprint density at radius 3 is 2.61 bits per heavy atom. The Morgan fingerprint density at radius 2 is 1.87 bits per heavy atom. The highest BCUT2D eigenvalue weighted by Crippen LogP contribution is 2.43. The lowest BCUT2D eigenvalue weighted by Gasteiger charge is -2.43. The van der Waals surface area contributed by atoms with Crippen LogP contribution in [0.4, 0.5) is 10.8 Å². The van der Waals surface area contributed by atoms with Gasteiger partial charge in [-0.05, 0) is 61.9 Å². The summed E-state index contributed by atoms with van der Waals surface area (Å²) in [5.74, 6) is -0.650. The zero-order chi connectivity index (χ0) is 26.9. The molecule has 2 aliphatic rings. The number of ether oxygens (including phenoxy) is 1. The van der Waals surface area contributed by atoms with E-state index in [1.54, 1.807) is 6.07 Å². The maximum absolute atomic E-state index is 12.7. The van der Waals surface area contributed by atoms with Gasteiger partial charge in [-0.15, -0.1) is 11.3 Å². The fourth-order valence-electron chi connectivity index (χ4n) is 5.39. The van der Waals surface area contributed by atoms with E-state index in [1.807, 2.05) is 35.7 Å². The van der Waals surface area contributed by atoms with Crippen molar-refractivity contribution in [3.05, 3.63) is 65.0 Å². The van der Waals surface area contributed by atoms with Crippen LogP contribution in [0.2, 0.25) is 0 Å². The molecular weight excluding hydrogens is 500 g/mol. The minimum absolute atomic E-state index is 0.117. The van der Waals surface area contributed by atoms with Gasteiger partial charge in [-0.1, -0.05) is 31.2 Å². The molecule has 2 fully saturated rings. The molecule has 8 nitrogen and oxygen atoms in total. The van der Waals surface area contributed by atoms with E-state index in [-0.39, 0.29) is 42.1 Å². The van der Waals surface area contributed by atoms with Crippen LogP contribution in [0.5, 0.6) is 0 Å². The van der Waals surface area contributed by atoms with Crippen molar-refractivity contribution in [2.45, 2.75) is 57.3 Å². The average molecular weight is 535 g/mol. The van der Waals surface area contributed by atoms with Gasteiger partial charge in [-0.3, -0.25) is 9.59 Å². The van der Waals surface area contributed by atoms with Crippen LogP contribution in [0.3, 0.4) is 0 Å². The van der Waals surface area contributed by atoms with Crippen LogP contribution in [0.25, 0.3) is 11.3 Å². The second-order valence-electron chi connectivity index (χ2n) is 10.7. The van der Waals surface area contributed by atoms with Crippen LogP contribution in [-0.4, -0.2) is 59.9 Å². The number of anilines is 2. The predicted molar refractivity (Wildman–Crippen MR) is 150 cm³/mol. The molecule has 0 radical (unpaired) electrons. The van der Waals surface area contributed by atoms with Crippen LogP contribution < -0.4 is 15.5 Å². The van der Waals surface area contributed by atoms with Crippen LogP contribution in [0.15, 0.2) is 53.9 Å². The number of aliphatic hydroxyl groups excluding tert-OH is 1. The van der Waals surface area contributed by atoms with E-state index in [9.17, 15) is 14.7 Å². The van der Waals surface area contributed by atoms with Gasteiger partial charge in [0.2, 0.25) is 5.91 Å². The number of carbonyl (C=O) groups is 2. The number of rotatable bonds is 7. The van der Waals surface area contributed by atoms with E-state index < -0.39 is 0 Å². The Hall–Kier alpha value is -3.27. The summed E-state index contributed by atoms with van der Waals surface area (Å²) in [6.45, 7) is 7.78. The minimum Gasteiger partial charge on any atom is -0.393 e. The van der Waals surface area contributed by atoms with Crippen molar-refractivity contribution in [1.29, 1.82) is 0 Å². The highest BCUT2D eigenvalue weighted by Gasteiger charge is 2.40. The Balaban J connectivity index is 1.17. The lowest BCUT2D eigenvalue weighted by atomic mass is 9.64. The van der Waals surface area contributed by atoms with E-state index in [1.165, 1.54) is 11.3 Å². The van der Waals surface area contributed by atoms with Gasteiger partial charge in [0, 0.05) is 35.3 Å². The maximum Gasteiger partial charge on any atom is 0.251 e. The summed E-state index contributed by atoms with van der Waals surface area (Å²) in [7, 11) is 0. The van der Waals surface area contributed by atoms with Gasteiger partial charge in [-0.25, -0.2) is 4.98 Å². The van der Waals surface area contributed by atoms with Crippen molar-refractivity contribution in [2.75, 3.05) is 29.9 Å². The van der Waals surface area contributed by atoms with Crippen molar-refractivity contribution in [2.24, 2.45) is 0 Å². The van der Waals surface area contributed by atoms with Gasteiger partial charge < -0.3 is 25.4 Å². The summed E-state index contributed by atoms with van der Waals surface area (Å²) < 4.78 is 5.85. The van der Waals surface area contributed by atoms with E-state index >= 15 is 0 Å². The second kappa shape index (κ2) is 10.8. The summed E-state index contributed by atoms with van der Waals surface area (Å²) in [4.78, 5) is 32.1. The molecule has 5 rings (SSSR count). The number of carbonyl (C=O) groups excluding carboxylic acids is 2. The smallest absolute Gasteiger partial charge is 0.251 e. The van der Waals surface area contributed by atoms with E-state index in [0.29, 0.717) is 23.5 Å². The molecule has 1 saturated carbocycles. The highest BCUT2D eigenvalue weighted by molar-refractivity contribution is 7.14. The monoisotopic (exact) mass is 534 g/mol. The molecule has 3 N–H and O–H groups in total. The zero-order valence-corrected chi connectivity index (χ0v) is 22.8. The number of aromatic nitrogens is 1. The molecule has 2 heterocycles. The molecule has 2 aromatic carbocycles. The van der Waals surface area contributed by atoms with Gasteiger partial charge in [0.1, 0.15) is 0 Å². The first kappa shape index (κ1) is 26.3. The quantitative estimate of drug-likeness (QED) is 0.420. The first-order chi connectivity index (χ1) is 18.2. The van der Waals surface area contributed by atoms with Crippen LogP contribution in [0.1, 0.15) is 49.5 Å². The predicted octanol–water partition coefficient (Wildman–Crippen LogP) is 4.20.